The van der Waals surface area contributed by atoms with Gasteiger partial charge in [-0.1, -0.05) is 31.0 Å². The number of aliphatic imine (C=N–C) groups is 1. The summed E-state index contributed by atoms with van der Waals surface area (Å²) in [7, 11) is 0. The van der Waals surface area contributed by atoms with Gasteiger partial charge in [0.25, 0.3) is 0 Å². The van der Waals surface area contributed by atoms with E-state index in [1.165, 1.54) is 10.1 Å². The molecule has 0 fully saturated rings. The van der Waals surface area contributed by atoms with Crippen molar-refractivity contribution in [3.8, 4) is 16.9 Å². The molecule has 0 aliphatic rings. The summed E-state index contributed by atoms with van der Waals surface area (Å²) >= 11 is 6.26. The number of hydrogen-bond acceptors (Lipinski definition) is 5. The minimum absolute atomic E-state index is 0.0603. The van der Waals surface area contributed by atoms with Gasteiger partial charge < -0.3 is 21.8 Å². The summed E-state index contributed by atoms with van der Waals surface area (Å²) in [6.45, 7) is 9.53. The van der Waals surface area contributed by atoms with Crippen LogP contribution in [0, 0.1) is 12.7 Å². The Morgan fingerprint density at radius 3 is 2.70 bits per heavy atom. The van der Waals surface area contributed by atoms with Crippen molar-refractivity contribution in [1.29, 1.82) is 0 Å². The Morgan fingerprint density at radius 2 is 2.00 bits per heavy atom. The van der Waals surface area contributed by atoms with Gasteiger partial charge in [0.15, 0.2) is 5.82 Å². The SMILES string of the molecule is CCCC(NCCCN=C(C)N)c1ccc(-n2cc3cc(-c4cc(CCCC(C)N)cc(Cl)c4F)[nH]c3nc2=O)cc1C. The number of halogens is 2. The number of aryl methyl sites for hydroxylation is 2. The molecule has 2 aromatic heterocycles. The van der Waals surface area contributed by atoms with Crippen LogP contribution in [0.3, 0.4) is 0 Å². The Balaban J connectivity index is 1.60. The third-order valence-corrected chi connectivity index (χ3v) is 7.86. The minimum atomic E-state index is -0.511. The van der Waals surface area contributed by atoms with Crippen LogP contribution in [0.5, 0.6) is 0 Å². The molecular weight excluding hydrogens is 565 g/mol. The number of aromatic amines is 1. The fourth-order valence-electron chi connectivity index (χ4n) is 5.41. The van der Waals surface area contributed by atoms with Gasteiger partial charge in [-0.15, -0.1) is 0 Å². The van der Waals surface area contributed by atoms with Gasteiger partial charge in [-0.2, -0.15) is 4.98 Å². The zero-order valence-corrected chi connectivity index (χ0v) is 26.3. The van der Waals surface area contributed by atoms with E-state index in [2.05, 4.69) is 40.2 Å². The predicted molar refractivity (Wildman–Crippen MR) is 176 cm³/mol. The van der Waals surface area contributed by atoms with Crippen LogP contribution < -0.4 is 22.5 Å². The van der Waals surface area contributed by atoms with Crippen LogP contribution in [-0.4, -0.2) is 39.5 Å². The van der Waals surface area contributed by atoms with Crippen molar-refractivity contribution in [1.82, 2.24) is 19.9 Å². The first-order valence-corrected chi connectivity index (χ1v) is 15.4. The van der Waals surface area contributed by atoms with Crippen molar-refractivity contribution in [2.24, 2.45) is 16.5 Å². The minimum Gasteiger partial charge on any atom is -0.388 e. The highest BCUT2D eigenvalue weighted by Gasteiger charge is 2.17. The van der Waals surface area contributed by atoms with Crippen molar-refractivity contribution in [3.63, 3.8) is 0 Å². The topological polar surface area (TPSA) is 127 Å². The van der Waals surface area contributed by atoms with E-state index in [0.29, 0.717) is 34.7 Å². The largest absolute Gasteiger partial charge is 0.388 e. The average molecular weight is 608 g/mol. The summed E-state index contributed by atoms with van der Waals surface area (Å²) in [6, 6.07) is 11.6. The Bertz CT molecular complexity index is 1640. The van der Waals surface area contributed by atoms with Gasteiger partial charge in [0.05, 0.1) is 22.2 Å². The standard InChI is InChI=1S/C33H43ClFN7O/c1-5-8-29(39-14-7-13-38-22(4)37)26-12-11-25(15-20(26)2)42-19-24-18-30(40-32(24)41-33(42)43)27-16-23(10-6-9-21(3)36)17-28(34)31(27)35/h11-12,15-19,21,29,39H,5-10,13-14,36H2,1-4H3,(H2,37,38)(H,40,41,43). The number of aromatic nitrogens is 3. The molecule has 43 heavy (non-hydrogen) atoms. The van der Waals surface area contributed by atoms with Crippen molar-refractivity contribution in [2.45, 2.75) is 78.3 Å². The lowest BCUT2D eigenvalue weighted by Crippen LogP contribution is -2.24. The smallest absolute Gasteiger partial charge is 0.354 e. The molecule has 2 unspecified atom stereocenters. The van der Waals surface area contributed by atoms with Crippen LogP contribution in [0.4, 0.5) is 4.39 Å². The van der Waals surface area contributed by atoms with Gasteiger partial charge in [0.1, 0.15) is 5.65 Å². The van der Waals surface area contributed by atoms with E-state index in [0.717, 1.165) is 61.9 Å². The summed E-state index contributed by atoms with van der Waals surface area (Å²) in [4.78, 5) is 24.8. The maximum absolute atomic E-state index is 15.1. The third kappa shape index (κ3) is 8.31. The number of rotatable bonds is 14. The molecule has 0 bridgehead atoms. The molecule has 0 aliphatic heterocycles. The Hall–Kier alpha value is -3.53. The number of amidine groups is 1. The molecule has 4 aromatic rings. The van der Waals surface area contributed by atoms with E-state index in [-0.39, 0.29) is 17.1 Å². The fourth-order valence-corrected chi connectivity index (χ4v) is 5.65. The van der Waals surface area contributed by atoms with E-state index < -0.39 is 11.5 Å². The van der Waals surface area contributed by atoms with Crippen LogP contribution in [0.1, 0.15) is 75.6 Å². The van der Waals surface area contributed by atoms with Crippen molar-refractivity contribution >= 4 is 28.5 Å². The summed E-state index contributed by atoms with van der Waals surface area (Å²) < 4.78 is 16.7. The van der Waals surface area contributed by atoms with Crippen LogP contribution >= 0.6 is 11.6 Å². The molecule has 230 valence electrons. The molecular formula is C33H43ClFN7O. The lowest BCUT2D eigenvalue weighted by atomic mass is 9.97. The van der Waals surface area contributed by atoms with Crippen LogP contribution in [-0.2, 0) is 6.42 Å². The molecule has 10 heteroatoms. The summed E-state index contributed by atoms with van der Waals surface area (Å²) in [5.41, 5.74) is 16.3. The summed E-state index contributed by atoms with van der Waals surface area (Å²) in [6.07, 6.45) is 7.16. The Kier molecular flexibility index (Phi) is 11.1. The third-order valence-electron chi connectivity index (χ3n) is 7.58. The molecule has 0 saturated heterocycles. The first-order valence-electron chi connectivity index (χ1n) is 15.0. The zero-order valence-electron chi connectivity index (χ0n) is 25.5. The van der Waals surface area contributed by atoms with Gasteiger partial charge in [-0.05, 0) is 106 Å². The number of H-pyrrole nitrogens is 1. The highest BCUT2D eigenvalue weighted by Crippen LogP contribution is 2.31. The Morgan fingerprint density at radius 1 is 1.21 bits per heavy atom. The number of benzene rings is 2. The number of fused-ring (bicyclic) bond motifs is 1. The molecule has 0 spiro atoms. The zero-order chi connectivity index (χ0) is 31.1. The second-order valence-corrected chi connectivity index (χ2v) is 11.8. The normalized spacial score (nSPS) is 13.5. The average Bonchev–Trinajstić information content (AvgIpc) is 3.36. The van der Waals surface area contributed by atoms with Gasteiger partial charge >= 0.3 is 5.69 Å². The second-order valence-electron chi connectivity index (χ2n) is 11.4. The molecule has 4 rings (SSSR count). The monoisotopic (exact) mass is 607 g/mol. The summed E-state index contributed by atoms with van der Waals surface area (Å²) in [5, 5.41) is 4.40. The maximum Gasteiger partial charge on any atom is 0.354 e. The predicted octanol–water partition coefficient (Wildman–Crippen LogP) is 6.35. The van der Waals surface area contributed by atoms with E-state index >= 15 is 4.39 Å². The van der Waals surface area contributed by atoms with Crippen molar-refractivity contribution in [2.75, 3.05) is 13.1 Å². The van der Waals surface area contributed by atoms with E-state index in [1.54, 1.807) is 31.3 Å². The molecule has 2 atom stereocenters. The number of nitrogens with one attached hydrogen (secondary N) is 2. The van der Waals surface area contributed by atoms with E-state index in [4.69, 9.17) is 23.1 Å². The van der Waals surface area contributed by atoms with Gasteiger partial charge in [-0.25, -0.2) is 9.18 Å². The van der Waals surface area contributed by atoms with E-state index in [9.17, 15) is 4.79 Å². The lowest BCUT2D eigenvalue weighted by Gasteiger charge is -2.21. The fraction of sp³-hybridized carbons (Fsp3) is 0.424. The van der Waals surface area contributed by atoms with Crippen LogP contribution in [0.15, 0.2) is 52.4 Å². The number of nitrogens with zero attached hydrogens (tertiary/aromatic N) is 3. The highest BCUT2D eigenvalue weighted by atomic mass is 35.5. The van der Waals surface area contributed by atoms with E-state index in [1.807, 2.05) is 19.1 Å². The molecule has 0 radical (unpaired) electrons. The molecule has 6 N–H and O–H groups in total. The second kappa shape index (κ2) is 14.8. The van der Waals surface area contributed by atoms with Crippen LogP contribution in [0.25, 0.3) is 28.0 Å². The van der Waals surface area contributed by atoms with Gasteiger partial charge in [0.2, 0.25) is 0 Å². The quantitative estimate of drug-likeness (QED) is 0.0754. The number of nitrogens with two attached hydrogens (primary N) is 2. The molecule has 8 nitrogen and oxygen atoms in total. The first-order chi connectivity index (χ1) is 20.6. The molecule has 0 amide bonds. The van der Waals surface area contributed by atoms with Crippen molar-refractivity contribution < 1.29 is 4.39 Å². The first kappa shape index (κ1) is 32.4. The van der Waals surface area contributed by atoms with Crippen LogP contribution in [0.2, 0.25) is 5.02 Å². The van der Waals surface area contributed by atoms with Gasteiger partial charge in [0, 0.05) is 35.8 Å². The van der Waals surface area contributed by atoms with Crippen molar-refractivity contribution in [3.05, 3.63) is 80.6 Å². The highest BCUT2D eigenvalue weighted by molar-refractivity contribution is 6.31. The molecule has 0 aliphatic carbocycles. The summed E-state index contributed by atoms with van der Waals surface area (Å²) in [5.74, 6) is 0.0907. The van der Waals surface area contributed by atoms with Gasteiger partial charge in [-0.3, -0.25) is 9.56 Å². The molecule has 2 aromatic carbocycles. The molecule has 2 heterocycles. The maximum atomic E-state index is 15.1. The Labute approximate surface area is 257 Å². The lowest BCUT2D eigenvalue weighted by molar-refractivity contribution is 0.488. The molecule has 0 saturated carbocycles. The number of hydrogen-bond donors (Lipinski definition) is 4.